The van der Waals surface area contributed by atoms with Gasteiger partial charge < -0.3 is 0 Å². The number of amides is 1. The van der Waals surface area contributed by atoms with E-state index in [0.29, 0.717) is 0 Å². The number of hydrogen-bond acceptors (Lipinski definition) is 2. The van der Waals surface area contributed by atoms with Crippen molar-refractivity contribution in [2.75, 3.05) is 0 Å². The number of fused-ring (bicyclic) bond motifs is 1. The fourth-order valence-electron chi connectivity index (χ4n) is 2.24. The molecule has 1 aliphatic rings. The van der Waals surface area contributed by atoms with Crippen molar-refractivity contribution < 1.29 is 4.79 Å². The first kappa shape index (κ1) is 13.1. The van der Waals surface area contributed by atoms with Crippen LogP contribution < -0.4 is 0 Å². The van der Waals surface area contributed by atoms with Gasteiger partial charge in [0.05, 0.1) is 6.07 Å². The van der Waals surface area contributed by atoms with E-state index in [4.69, 9.17) is 0 Å². The highest BCUT2D eigenvalue weighted by Gasteiger charge is 2.38. The van der Waals surface area contributed by atoms with Crippen molar-refractivity contribution in [3.8, 4) is 6.07 Å². The van der Waals surface area contributed by atoms with Crippen molar-refractivity contribution in [3.63, 3.8) is 0 Å². The first-order valence-corrected chi connectivity index (χ1v) is 6.16. The number of carbonyl (C=O) groups excluding carboxylic acids is 1. The molecule has 2 rings (SSSR count). The average Bonchev–Trinajstić information content (AvgIpc) is 2.38. The molecule has 0 radical (unpaired) electrons. The molecule has 1 aromatic rings. The molecule has 0 N–H and O–H groups in total. The second-order valence-electron chi connectivity index (χ2n) is 5.02. The molecule has 0 saturated carbocycles. The predicted octanol–water partition coefficient (Wildman–Crippen LogP) is 3.20. The quantitative estimate of drug-likeness (QED) is 0.720. The van der Waals surface area contributed by atoms with Gasteiger partial charge in [0.25, 0.3) is 5.91 Å². The van der Waals surface area contributed by atoms with Gasteiger partial charge >= 0.3 is 0 Å². The highest BCUT2D eigenvalue weighted by Crippen LogP contribution is 2.35. The monoisotopic (exact) mass is 252 g/mol. The van der Waals surface area contributed by atoms with Crippen LogP contribution in [0.2, 0.25) is 0 Å². The lowest BCUT2D eigenvalue weighted by Crippen LogP contribution is -2.44. The summed E-state index contributed by atoms with van der Waals surface area (Å²) in [5.41, 5.74) is 1.79. The van der Waals surface area contributed by atoms with Crippen molar-refractivity contribution in [1.82, 2.24) is 4.90 Å². The zero-order valence-electron chi connectivity index (χ0n) is 11.3. The molecular weight excluding hydrogens is 236 g/mol. The molecule has 3 heteroatoms. The molecule has 19 heavy (non-hydrogen) atoms. The lowest BCUT2D eigenvalue weighted by molar-refractivity contribution is -0.127. The van der Waals surface area contributed by atoms with Gasteiger partial charge in [-0.05, 0) is 38.0 Å². The maximum Gasteiger partial charge on any atom is 0.252 e. The van der Waals surface area contributed by atoms with Crippen molar-refractivity contribution >= 4 is 12.0 Å². The Morgan fingerprint density at radius 1 is 1.37 bits per heavy atom. The number of allylic oxidation sites excluding steroid dienone is 1. The number of nitrogens with zero attached hydrogens (tertiary/aromatic N) is 2. The van der Waals surface area contributed by atoms with Gasteiger partial charge in [0, 0.05) is 12.3 Å². The smallest absolute Gasteiger partial charge is 0.252 e. The molecule has 0 aliphatic carbocycles. The second-order valence-corrected chi connectivity index (χ2v) is 5.02. The summed E-state index contributed by atoms with van der Waals surface area (Å²) < 4.78 is 0. The van der Waals surface area contributed by atoms with Crippen LogP contribution in [0.25, 0.3) is 6.08 Å². The van der Waals surface area contributed by atoms with Crippen LogP contribution in [0.3, 0.4) is 0 Å². The third-order valence-electron chi connectivity index (χ3n) is 3.24. The van der Waals surface area contributed by atoms with Gasteiger partial charge in [-0.15, -0.1) is 0 Å². The minimum atomic E-state index is -0.964. The van der Waals surface area contributed by atoms with E-state index in [1.54, 1.807) is 19.2 Å². The topological polar surface area (TPSA) is 44.1 Å². The summed E-state index contributed by atoms with van der Waals surface area (Å²) in [5, 5.41) is 9.55. The highest BCUT2D eigenvalue weighted by molar-refractivity contribution is 5.91. The van der Waals surface area contributed by atoms with E-state index in [-0.39, 0.29) is 5.91 Å². The van der Waals surface area contributed by atoms with Crippen LogP contribution in [0, 0.1) is 11.3 Å². The standard InChI is InChI=1S/C16H16N2O/c1-12(2)10-15(19)18-9-8-13-6-4-5-7-14(13)16(18,3)11-17/h4-10H,1-3H3. The highest BCUT2D eigenvalue weighted by atomic mass is 16.2. The Kier molecular flexibility index (Phi) is 3.26. The normalized spacial score (nSPS) is 20.4. The Morgan fingerprint density at radius 3 is 2.68 bits per heavy atom. The van der Waals surface area contributed by atoms with Gasteiger partial charge in [-0.2, -0.15) is 5.26 Å². The van der Waals surface area contributed by atoms with E-state index in [2.05, 4.69) is 6.07 Å². The van der Waals surface area contributed by atoms with E-state index in [0.717, 1.165) is 16.7 Å². The van der Waals surface area contributed by atoms with E-state index < -0.39 is 5.54 Å². The van der Waals surface area contributed by atoms with Crippen LogP contribution in [-0.4, -0.2) is 10.8 Å². The number of benzene rings is 1. The molecule has 1 unspecified atom stereocenters. The van der Waals surface area contributed by atoms with Crippen molar-refractivity contribution in [2.45, 2.75) is 26.3 Å². The fraction of sp³-hybridized carbons (Fsp3) is 0.250. The third-order valence-corrected chi connectivity index (χ3v) is 3.24. The molecule has 0 fully saturated rings. The Bertz CT molecular complexity index is 618. The van der Waals surface area contributed by atoms with Crippen molar-refractivity contribution in [1.29, 1.82) is 5.26 Å². The summed E-state index contributed by atoms with van der Waals surface area (Å²) in [7, 11) is 0. The minimum absolute atomic E-state index is 0.171. The van der Waals surface area contributed by atoms with E-state index in [1.807, 2.05) is 44.2 Å². The van der Waals surface area contributed by atoms with Gasteiger partial charge in [-0.25, -0.2) is 0 Å². The lowest BCUT2D eigenvalue weighted by Gasteiger charge is -2.37. The van der Waals surface area contributed by atoms with Crippen LogP contribution in [0.5, 0.6) is 0 Å². The Morgan fingerprint density at radius 2 is 2.05 bits per heavy atom. The van der Waals surface area contributed by atoms with Gasteiger partial charge in [0.1, 0.15) is 0 Å². The van der Waals surface area contributed by atoms with Crippen LogP contribution in [0.15, 0.2) is 42.1 Å². The number of carbonyl (C=O) groups is 1. The first-order valence-electron chi connectivity index (χ1n) is 6.16. The number of rotatable bonds is 1. The largest absolute Gasteiger partial charge is 0.292 e. The SMILES string of the molecule is CC(C)=CC(=O)N1C=Cc2ccccc2C1(C)C#N. The summed E-state index contributed by atoms with van der Waals surface area (Å²) in [4.78, 5) is 13.7. The Balaban J connectivity index is 2.54. The lowest BCUT2D eigenvalue weighted by atomic mass is 9.85. The first-order chi connectivity index (χ1) is 8.99. The Hall–Kier alpha value is -2.34. The minimum Gasteiger partial charge on any atom is -0.292 e. The summed E-state index contributed by atoms with van der Waals surface area (Å²) in [6, 6.07) is 9.92. The summed E-state index contributed by atoms with van der Waals surface area (Å²) in [6.07, 6.45) is 5.10. The molecule has 1 amide bonds. The number of nitriles is 1. The van der Waals surface area contributed by atoms with E-state index >= 15 is 0 Å². The maximum absolute atomic E-state index is 12.2. The summed E-state index contributed by atoms with van der Waals surface area (Å²) in [6.45, 7) is 5.50. The summed E-state index contributed by atoms with van der Waals surface area (Å²) in [5.74, 6) is -0.171. The number of hydrogen-bond donors (Lipinski definition) is 0. The molecule has 1 atom stereocenters. The van der Waals surface area contributed by atoms with Gasteiger partial charge in [-0.1, -0.05) is 29.8 Å². The van der Waals surface area contributed by atoms with Crippen LogP contribution in [0.1, 0.15) is 31.9 Å². The molecule has 0 saturated heterocycles. The van der Waals surface area contributed by atoms with Gasteiger partial charge in [0.2, 0.25) is 0 Å². The molecular formula is C16H16N2O. The van der Waals surface area contributed by atoms with Crippen molar-refractivity contribution in [3.05, 3.63) is 53.2 Å². The molecule has 0 bridgehead atoms. The van der Waals surface area contributed by atoms with Crippen molar-refractivity contribution in [2.24, 2.45) is 0 Å². The maximum atomic E-state index is 12.2. The van der Waals surface area contributed by atoms with Crippen LogP contribution in [0.4, 0.5) is 0 Å². The average molecular weight is 252 g/mol. The van der Waals surface area contributed by atoms with E-state index in [9.17, 15) is 10.1 Å². The molecule has 1 heterocycles. The van der Waals surface area contributed by atoms with E-state index in [1.165, 1.54) is 4.90 Å². The van der Waals surface area contributed by atoms with Gasteiger partial charge in [-0.3, -0.25) is 9.69 Å². The molecule has 1 aromatic carbocycles. The zero-order valence-corrected chi connectivity index (χ0v) is 11.3. The second kappa shape index (κ2) is 4.74. The molecule has 3 nitrogen and oxygen atoms in total. The predicted molar refractivity (Wildman–Crippen MR) is 74.7 cm³/mol. The fourth-order valence-corrected chi connectivity index (χ4v) is 2.24. The summed E-state index contributed by atoms with van der Waals surface area (Å²) >= 11 is 0. The molecule has 96 valence electrons. The Labute approximate surface area is 113 Å². The third kappa shape index (κ3) is 2.17. The molecule has 0 aromatic heterocycles. The van der Waals surface area contributed by atoms with Gasteiger partial charge in [0.15, 0.2) is 5.54 Å². The van der Waals surface area contributed by atoms with Crippen LogP contribution in [-0.2, 0) is 10.3 Å². The van der Waals surface area contributed by atoms with Crippen LogP contribution >= 0.6 is 0 Å². The molecule has 1 aliphatic heterocycles. The zero-order chi connectivity index (χ0) is 14.0. The molecule has 0 spiro atoms.